The lowest BCUT2D eigenvalue weighted by Crippen LogP contribution is -2.44. The first-order chi connectivity index (χ1) is 11.6. The predicted molar refractivity (Wildman–Crippen MR) is 93.8 cm³/mol. The molecule has 0 unspecified atom stereocenters. The average Bonchev–Trinajstić information content (AvgIpc) is 2.61. The van der Waals surface area contributed by atoms with Crippen LogP contribution in [0.15, 0.2) is 6.07 Å². The molecule has 3 rings (SSSR count). The topological polar surface area (TPSA) is 60.2 Å². The molecule has 128 valence electrons. The van der Waals surface area contributed by atoms with Crippen molar-refractivity contribution in [2.24, 2.45) is 5.92 Å². The Hall–Kier alpha value is -2.09. The Kier molecular flexibility index (Phi) is 5.03. The van der Waals surface area contributed by atoms with Gasteiger partial charge in [0.2, 0.25) is 5.91 Å². The molecular weight excluding hydrogens is 300 g/mol. The van der Waals surface area contributed by atoms with Crippen molar-refractivity contribution in [2.45, 2.75) is 46.0 Å². The summed E-state index contributed by atoms with van der Waals surface area (Å²) in [4.78, 5) is 21.5. The van der Waals surface area contributed by atoms with Gasteiger partial charge in [-0.05, 0) is 57.6 Å². The first kappa shape index (κ1) is 16.8. The van der Waals surface area contributed by atoms with E-state index in [0.717, 1.165) is 68.9 Å². The number of anilines is 1. The lowest BCUT2D eigenvalue weighted by Gasteiger charge is -2.36. The van der Waals surface area contributed by atoms with Crippen LogP contribution in [0.25, 0.3) is 0 Å². The number of likely N-dealkylation sites (tertiary alicyclic amines) is 1. The van der Waals surface area contributed by atoms with E-state index in [1.807, 2.05) is 19.9 Å². The molecule has 1 amide bonds. The summed E-state index contributed by atoms with van der Waals surface area (Å²) in [6.45, 7) is 7.38. The zero-order chi connectivity index (χ0) is 17.1. The Morgan fingerprint density at radius 2 is 1.83 bits per heavy atom. The molecule has 0 atom stereocenters. The van der Waals surface area contributed by atoms with Gasteiger partial charge in [0.15, 0.2) is 0 Å². The maximum absolute atomic E-state index is 12.7. The number of aryl methyl sites for hydroxylation is 2. The molecule has 0 saturated carbocycles. The molecule has 24 heavy (non-hydrogen) atoms. The lowest BCUT2D eigenvalue weighted by atomic mass is 9.94. The van der Waals surface area contributed by atoms with Crippen LogP contribution < -0.4 is 4.90 Å². The predicted octanol–water partition coefficient (Wildman–Crippen LogP) is 2.80. The van der Waals surface area contributed by atoms with Gasteiger partial charge in [-0.25, -0.2) is 4.98 Å². The van der Waals surface area contributed by atoms with E-state index >= 15 is 0 Å². The molecule has 0 N–H and O–H groups in total. The maximum atomic E-state index is 12.7. The minimum absolute atomic E-state index is 0.135. The summed E-state index contributed by atoms with van der Waals surface area (Å²) in [6.07, 6.45) is 5.24. The molecule has 0 bridgehead atoms. The SMILES string of the molecule is Cc1cc(C)c(C#N)c(N2CCC(C(=O)N3CCCCC3)CC2)n1. The van der Waals surface area contributed by atoms with Gasteiger partial charge in [0, 0.05) is 37.8 Å². The van der Waals surface area contributed by atoms with E-state index in [2.05, 4.69) is 20.9 Å². The second-order valence-corrected chi connectivity index (χ2v) is 7.04. The number of hydrogen-bond acceptors (Lipinski definition) is 4. The Morgan fingerprint density at radius 3 is 2.46 bits per heavy atom. The third-order valence-corrected chi connectivity index (χ3v) is 5.25. The fourth-order valence-corrected chi connectivity index (χ4v) is 3.89. The van der Waals surface area contributed by atoms with Gasteiger partial charge < -0.3 is 9.80 Å². The van der Waals surface area contributed by atoms with Crippen LogP contribution in [0.2, 0.25) is 0 Å². The second kappa shape index (κ2) is 7.21. The molecule has 0 radical (unpaired) electrons. The van der Waals surface area contributed by atoms with Crippen LogP contribution in [0.5, 0.6) is 0 Å². The molecule has 2 aliphatic heterocycles. The van der Waals surface area contributed by atoms with Crippen LogP contribution in [0.1, 0.15) is 48.9 Å². The summed E-state index contributed by atoms with van der Waals surface area (Å²) in [7, 11) is 0. The Labute approximate surface area is 144 Å². The highest BCUT2D eigenvalue weighted by Crippen LogP contribution is 2.28. The van der Waals surface area contributed by atoms with Gasteiger partial charge in [-0.1, -0.05) is 0 Å². The van der Waals surface area contributed by atoms with Gasteiger partial charge in [-0.3, -0.25) is 4.79 Å². The summed E-state index contributed by atoms with van der Waals surface area (Å²) < 4.78 is 0. The highest BCUT2D eigenvalue weighted by molar-refractivity contribution is 5.79. The van der Waals surface area contributed by atoms with E-state index in [1.165, 1.54) is 6.42 Å². The standard InChI is InChI=1S/C19H26N4O/c1-14-12-15(2)21-18(17(14)13-20)22-10-6-16(7-11-22)19(24)23-8-4-3-5-9-23/h12,16H,3-11H2,1-2H3. The third-order valence-electron chi connectivity index (χ3n) is 5.25. The first-order valence-electron chi connectivity index (χ1n) is 9.02. The number of aromatic nitrogens is 1. The van der Waals surface area contributed by atoms with Crippen LogP contribution in [-0.2, 0) is 4.79 Å². The number of piperidine rings is 2. The molecule has 2 saturated heterocycles. The smallest absolute Gasteiger partial charge is 0.225 e. The van der Waals surface area contributed by atoms with Crippen molar-refractivity contribution in [1.29, 1.82) is 5.26 Å². The third kappa shape index (κ3) is 3.38. The number of pyridine rings is 1. The van der Waals surface area contributed by atoms with Crippen LogP contribution >= 0.6 is 0 Å². The van der Waals surface area contributed by atoms with E-state index in [4.69, 9.17) is 0 Å². The minimum atomic E-state index is 0.135. The Balaban J connectivity index is 1.67. The normalized spacial score (nSPS) is 19.2. The van der Waals surface area contributed by atoms with Crippen molar-refractivity contribution in [3.8, 4) is 6.07 Å². The number of nitriles is 1. The van der Waals surface area contributed by atoms with Gasteiger partial charge in [-0.2, -0.15) is 5.26 Å². The highest BCUT2D eigenvalue weighted by Gasteiger charge is 2.30. The monoisotopic (exact) mass is 326 g/mol. The summed E-state index contributed by atoms with van der Waals surface area (Å²) in [5.74, 6) is 1.26. The van der Waals surface area contributed by atoms with Crippen molar-refractivity contribution >= 4 is 11.7 Å². The molecule has 1 aromatic rings. The van der Waals surface area contributed by atoms with Crippen LogP contribution in [0.4, 0.5) is 5.82 Å². The lowest BCUT2D eigenvalue weighted by molar-refractivity contribution is -0.137. The van der Waals surface area contributed by atoms with Gasteiger partial charge in [0.05, 0.1) is 5.56 Å². The largest absolute Gasteiger partial charge is 0.355 e. The van der Waals surface area contributed by atoms with E-state index in [-0.39, 0.29) is 5.92 Å². The van der Waals surface area contributed by atoms with Gasteiger partial charge in [0.1, 0.15) is 11.9 Å². The van der Waals surface area contributed by atoms with E-state index < -0.39 is 0 Å². The van der Waals surface area contributed by atoms with Gasteiger partial charge in [-0.15, -0.1) is 0 Å². The molecule has 3 heterocycles. The summed E-state index contributed by atoms with van der Waals surface area (Å²) >= 11 is 0. The van der Waals surface area contributed by atoms with Crippen molar-refractivity contribution in [3.05, 3.63) is 22.9 Å². The quantitative estimate of drug-likeness (QED) is 0.838. The summed E-state index contributed by atoms with van der Waals surface area (Å²) in [5, 5.41) is 9.45. The van der Waals surface area contributed by atoms with Crippen molar-refractivity contribution in [1.82, 2.24) is 9.88 Å². The Bertz CT molecular complexity index is 650. The van der Waals surface area contributed by atoms with E-state index in [9.17, 15) is 10.1 Å². The summed E-state index contributed by atoms with van der Waals surface area (Å²) in [6, 6.07) is 4.25. The zero-order valence-electron chi connectivity index (χ0n) is 14.7. The Morgan fingerprint density at radius 1 is 1.17 bits per heavy atom. The van der Waals surface area contributed by atoms with Gasteiger partial charge >= 0.3 is 0 Å². The molecule has 2 aliphatic rings. The number of hydrogen-bond donors (Lipinski definition) is 0. The summed E-state index contributed by atoms with van der Waals surface area (Å²) in [5.41, 5.74) is 2.58. The molecule has 2 fully saturated rings. The average molecular weight is 326 g/mol. The molecule has 0 aromatic carbocycles. The molecule has 5 nitrogen and oxygen atoms in total. The highest BCUT2D eigenvalue weighted by atomic mass is 16.2. The molecule has 5 heteroatoms. The fraction of sp³-hybridized carbons (Fsp3) is 0.632. The van der Waals surface area contributed by atoms with Gasteiger partial charge in [0.25, 0.3) is 0 Å². The molecule has 0 aliphatic carbocycles. The van der Waals surface area contributed by atoms with E-state index in [0.29, 0.717) is 11.5 Å². The van der Waals surface area contributed by atoms with E-state index in [1.54, 1.807) is 0 Å². The molecule has 0 spiro atoms. The van der Waals surface area contributed by atoms with Crippen molar-refractivity contribution in [3.63, 3.8) is 0 Å². The zero-order valence-corrected chi connectivity index (χ0v) is 14.7. The number of rotatable bonds is 2. The van der Waals surface area contributed by atoms with Crippen molar-refractivity contribution < 1.29 is 4.79 Å². The number of amides is 1. The van der Waals surface area contributed by atoms with Crippen LogP contribution in [0.3, 0.4) is 0 Å². The van der Waals surface area contributed by atoms with Crippen LogP contribution in [-0.4, -0.2) is 42.0 Å². The molecular formula is C19H26N4O. The number of nitrogens with zero attached hydrogens (tertiary/aromatic N) is 4. The first-order valence-corrected chi connectivity index (χ1v) is 9.02. The van der Waals surface area contributed by atoms with Crippen LogP contribution in [0, 0.1) is 31.1 Å². The van der Waals surface area contributed by atoms with Crippen molar-refractivity contribution in [2.75, 3.05) is 31.1 Å². The maximum Gasteiger partial charge on any atom is 0.225 e. The fourth-order valence-electron chi connectivity index (χ4n) is 3.89. The molecule has 1 aromatic heterocycles. The minimum Gasteiger partial charge on any atom is -0.355 e. The number of carbonyl (C=O) groups excluding carboxylic acids is 1. The second-order valence-electron chi connectivity index (χ2n) is 7.04. The number of carbonyl (C=O) groups is 1.